The Morgan fingerprint density at radius 1 is 0.897 bits per heavy atom. The van der Waals surface area contributed by atoms with Crippen molar-refractivity contribution in [2.24, 2.45) is 0 Å². The van der Waals surface area contributed by atoms with E-state index in [1.807, 2.05) is 18.2 Å². The van der Waals surface area contributed by atoms with Crippen molar-refractivity contribution in [3.63, 3.8) is 0 Å². The minimum Gasteiger partial charge on any atom is -0.493 e. The molecule has 0 bridgehead atoms. The van der Waals surface area contributed by atoms with Crippen LogP contribution in [0.1, 0.15) is 71.4 Å². The Balaban J connectivity index is 2.11. The number of alkyl halides is 1. The minimum absolute atomic E-state index is 0.0679. The van der Waals surface area contributed by atoms with Crippen LogP contribution in [-0.4, -0.2) is 30.3 Å². The van der Waals surface area contributed by atoms with Gasteiger partial charge >= 0.3 is 5.97 Å². The summed E-state index contributed by atoms with van der Waals surface area (Å²) in [6.07, 6.45) is 5.14. The molecule has 0 fully saturated rings. The smallest absolute Gasteiger partial charge is 0.338 e. The van der Waals surface area contributed by atoms with Crippen LogP contribution >= 0.6 is 15.9 Å². The van der Waals surface area contributed by atoms with Crippen molar-refractivity contribution in [1.29, 1.82) is 0 Å². The summed E-state index contributed by atoms with van der Waals surface area (Å²) in [6.45, 7) is 4.89. The molecule has 156 valence electrons. The molecular formula is C24H29BrO4. The van der Waals surface area contributed by atoms with Crippen LogP contribution in [0.25, 0.3) is 0 Å². The number of halogens is 1. The van der Waals surface area contributed by atoms with Crippen molar-refractivity contribution >= 4 is 27.7 Å². The maximum Gasteiger partial charge on any atom is 0.338 e. The molecule has 0 saturated heterocycles. The third-order valence-corrected chi connectivity index (χ3v) is 5.10. The molecule has 0 N–H and O–H groups in total. The highest BCUT2D eigenvalue weighted by Crippen LogP contribution is 2.24. The Labute approximate surface area is 181 Å². The molecule has 0 spiro atoms. The van der Waals surface area contributed by atoms with Gasteiger partial charge in [0.2, 0.25) is 0 Å². The fourth-order valence-electron chi connectivity index (χ4n) is 3.02. The molecule has 0 saturated carbocycles. The maximum atomic E-state index is 12.9. The number of hydrogen-bond acceptors (Lipinski definition) is 4. The third-order valence-electron chi connectivity index (χ3n) is 4.54. The zero-order valence-electron chi connectivity index (χ0n) is 17.2. The first kappa shape index (κ1) is 23.1. The second-order valence-corrected chi connectivity index (χ2v) is 7.59. The van der Waals surface area contributed by atoms with E-state index in [0.717, 1.165) is 48.7 Å². The highest BCUT2D eigenvalue weighted by molar-refractivity contribution is 9.09. The largest absolute Gasteiger partial charge is 0.493 e. The van der Waals surface area contributed by atoms with Gasteiger partial charge in [-0.05, 0) is 68.5 Å². The first-order valence-corrected chi connectivity index (χ1v) is 11.4. The molecule has 0 aliphatic carbocycles. The van der Waals surface area contributed by atoms with Gasteiger partial charge < -0.3 is 9.47 Å². The number of unbranched alkanes of at least 4 members (excludes halogenated alkanes) is 2. The second kappa shape index (κ2) is 12.4. The molecule has 0 aliphatic rings. The predicted molar refractivity (Wildman–Crippen MR) is 119 cm³/mol. The highest BCUT2D eigenvalue weighted by Gasteiger charge is 2.14. The molecule has 0 heterocycles. The first-order chi connectivity index (χ1) is 14.1. The number of esters is 1. The lowest BCUT2D eigenvalue weighted by Crippen LogP contribution is -2.07. The molecule has 0 radical (unpaired) electrons. The summed E-state index contributed by atoms with van der Waals surface area (Å²) in [5.74, 6) is 0.413. The standard InChI is InChI=1S/C24H29BrO4/c1-3-8-20-17-21(13-14-22(20)29-16-7-5-6-15-25)23(26)18-9-11-19(12-10-18)24(27)28-4-2/h9-14,17H,3-8,15-16H2,1-2H3. The molecule has 5 heteroatoms. The summed E-state index contributed by atoms with van der Waals surface area (Å²) in [5.41, 5.74) is 2.67. The van der Waals surface area contributed by atoms with Crippen LogP contribution in [0.4, 0.5) is 0 Å². The number of aryl methyl sites for hydroxylation is 1. The van der Waals surface area contributed by atoms with Gasteiger partial charge in [0.15, 0.2) is 5.78 Å². The molecular weight excluding hydrogens is 432 g/mol. The van der Waals surface area contributed by atoms with Crippen molar-refractivity contribution in [1.82, 2.24) is 0 Å². The van der Waals surface area contributed by atoms with Gasteiger partial charge in [-0.1, -0.05) is 41.4 Å². The molecule has 2 aromatic carbocycles. The lowest BCUT2D eigenvalue weighted by atomic mass is 9.98. The Hall–Kier alpha value is -2.14. The van der Waals surface area contributed by atoms with E-state index in [0.29, 0.717) is 29.9 Å². The highest BCUT2D eigenvalue weighted by atomic mass is 79.9. The summed E-state index contributed by atoms with van der Waals surface area (Å²) in [4.78, 5) is 24.7. The molecule has 29 heavy (non-hydrogen) atoms. The number of ketones is 1. The summed E-state index contributed by atoms with van der Waals surface area (Å²) in [7, 11) is 0. The van der Waals surface area contributed by atoms with E-state index in [9.17, 15) is 9.59 Å². The number of hydrogen-bond donors (Lipinski definition) is 0. The average molecular weight is 461 g/mol. The van der Waals surface area contributed by atoms with E-state index in [1.165, 1.54) is 0 Å². The van der Waals surface area contributed by atoms with Crippen LogP contribution < -0.4 is 4.74 Å². The fourth-order valence-corrected chi connectivity index (χ4v) is 3.42. The Kier molecular flexibility index (Phi) is 9.92. The second-order valence-electron chi connectivity index (χ2n) is 6.80. The average Bonchev–Trinajstić information content (AvgIpc) is 2.74. The SMILES string of the molecule is CCCc1cc(C(=O)c2ccc(C(=O)OCC)cc2)ccc1OCCCCCBr. The Bertz CT molecular complexity index is 799. The molecule has 0 aliphatic heterocycles. The van der Waals surface area contributed by atoms with Crippen LogP contribution in [0.2, 0.25) is 0 Å². The maximum absolute atomic E-state index is 12.9. The number of carbonyl (C=O) groups is 2. The van der Waals surface area contributed by atoms with E-state index < -0.39 is 0 Å². The number of carbonyl (C=O) groups excluding carboxylic acids is 2. The van der Waals surface area contributed by atoms with Crippen molar-refractivity contribution in [3.8, 4) is 5.75 Å². The van der Waals surface area contributed by atoms with Gasteiger partial charge in [-0.3, -0.25) is 4.79 Å². The normalized spacial score (nSPS) is 10.6. The van der Waals surface area contributed by atoms with Crippen LogP contribution in [0.3, 0.4) is 0 Å². The van der Waals surface area contributed by atoms with Crippen LogP contribution in [-0.2, 0) is 11.2 Å². The Morgan fingerprint density at radius 2 is 1.59 bits per heavy atom. The number of benzene rings is 2. The monoisotopic (exact) mass is 460 g/mol. The van der Waals surface area contributed by atoms with Crippen molar-refractivity contribution in [2.45, 2.75) is 46.0 Å². The van der Waals surface area contributed by atoms with Crippen molar-refractivity contribution < 1.29 is 19.1 Å². The summed E-state index contributed by atoms with van der Waals surface area (Å²) in [5, 5.41) is 1.02. The lowest BCUT2D eigenvalue weighted by molar-refractivity contribution is 0.0526. The number of rotatable bonds is 12. The van der Waals surface area contributed by atoms with Crippen LogP contribution in [0, 0.1) is 0 Å². The zero-order valence-corrected chi connectivity index (χ0v) is 18.8. The third kappa shape index (κ3) is 7.00. The van der Waals surface area contributed by atoms with Crippen LogP contribution in [0.5, 0.6) is 5.75 Å². The Morgan fingerprint density at radius 3 is 2.24 bits per heavy atom. The van der Waals surface area contributed by atoms with Gasteiger partial charge in [-0.15, -0.1) is 0 Å². The topological polar surface area (TPSA) is 52.6 Å². The summed E-state index contributed by atoms with van der Waals surface area (Å²) < 4.78 is 10.9. The van der Waals surface area contributed by atoms with E-state index in [2.05, 4.69) is 22.9 Å². The molecule has 0 atom stereocenters. The zero-order chi connectivity index (χ0) is 21.1. The molecule has 0 amide bonds. The minimum atomic E-state index is -0.380. The van der Waals surface area contributed by atoms with Gasteiger partial charge in [0.05, 0.1) is 18.8 Å². The fraction of sp³-hybridized carbons (Fsp3) is 0.417. The van der Waals surface area contributed by atoms with Gasteiger partial charge in [0.1, 0.15) is 5.75 Å². The predicted octanol–water partition coefficient (Wildman–Crippen LogP) is 5.99. The van der Waals surface area contributed by atoms with E-state index in [-0.39, 0.29) is 11.8 Å². The first-order valence-electron chi connectivity index (χ1n) is 10.2. The van der Waals surface area contributed by atoms with E-state index >= 15 is 0 Å². The van der Waals surface area contributed by atoms with E-state index in [1.54, 1.807) is 31.2 Å². The summed E-state index contributed by atoms with van der Waals surface area (Å²) >= 11 is 3.44. The molecule has 0 aromatic heterocycles. The van der Waals surface area contributed by atoms with Crippen molar-refractivity contribution in [3.05, 3.63) is 64.7 Å². The molecule has 2 rings (SSSR count). The van der Waals surface area contributed by atoms with Crippen molar-refractivity contribution in [2.75, 3.05) is 18.5 Å². The molecule has 0 unspecified atom stereocenters. The lowest BCUT2D eigenvalue weighted by Gasteiger charge is -2.13. The van der Waals surface area contributed by atoms with Crippen LogP contribution in [0.15, 0.2) is 42.5 Å². The number of ether oxygens (including phenoxy) is 2. The molecule has 2 aromatic rings. The molecule has 4 nitrogen and oxygen atoms in total. The quantitative estimate of drug-likeness (QED) is 0.169. The van der Waals surface area contributed by atoms with Gasteiger partial charge in [-0.2, -0.15) is 0 Å². The van der Waals surface area contributed by atoms with E-state index in [4.69, 9.17) is 9.47 Å². The van der Waals surface area contributed by atoms with Gasteiger partial charge in [-0.25, -0.2) is 4.79 Å². The summed E-state index contributed by atoms with van der Waals surface area (Å²) in [6, 6.07) is 12.2. The van der Waals surface area contributed by atoms with Gasteiger partial charge in [0, 0.05) is 16.5 Å². The van der Waals surface area contributed by atoms with Gasteiger partial charge in [0.25, 0.3) is 0 Å².